The molecule has 1 aromatic heterocycles. The Morgan fingerprint density at radius 1 is 0.952 bits per heavy atom. The zero-order valence-corrected chi connectivity index (χ0v) is 12.3. The number of anilines is 1. The predicted molar refractivity (Wildman–Crippen MR) is 84.3 cm³/mol. The van der Waals surface area contributed by atoms with E-state index in [1.807, 2.05) is 0 Å². The topological polar surface area (TPSA) is 41.0 Å². The van der Waals surface area contributed by atoms with Crippen LogP contribution in [0.25, 0.3) is 11.3 Å². The molecule has 0 radical (unpaired) electrons. The van der Waals surface area contributed by atoms with Crippen molar-refractivity contribution in [1.29, 1.82) is 0 Å². The molecule has 2 saturated heterocycles. The Bertz CT molecular complexity index is 608. The highest BCUT2D eigenvalue weighted by Crippen LogP contribution is 2.29. The van der Waals surface area contributed by atoms with Gasteiger partial charge in [-0.2, -0.15) is 0 Å². The number of aromatic nitrogens is 2. The maximum absolute atomic E-state index is 4.44. The van der Waals surface area contributed by atoms with Crippen LogP contribution in [0.2, 0.25) is 0 Å². The highest BCUT2D eigenvalue weighted by molar-refractivity contribution is 5.60. The minimum Gasteiger partial charge on any atom is -0.354 e. The van der Waals surface area contributed by atoms with Gasteiger partial charge < -0.3 is 10.2 Å². The maximum atomic E-state index is 4.44. The van der Waals surface area contributed by atoms with E-state index in [0.29, 0.717) is 0 Å². The number of nitrogens with one attached hydrogen (secondary N) is 1. The molecule has 1 N–H and O–H groups in total. The number of hydrogen-bond donors (Lipinski definition) is 1. The second-order valence-electron chi connectivity index (χ2n) is 6.23. The number of hydrogen-bond acceptors (Lipinski definition) is 4. The molecule has 0 spiro atoms. The summed E-state index contributed by atoms with van der Waals surface area (Å²) in [6.07, 6.45) is 0. The second kappa shape index (κ2) is 5.11. The van der Waals surface area contributed by atoms with Crippen molar-refractivity contribution < 1.29 is 0 Å². The van der Waals surface area contributed by atoms with Gasteiger partial charge in [-0.3, -0.25) is 0 Å². The molecule has 1 aromatic carbocycles. The summed E-state index contributed by atoms with van der Waals surface area (Å²) in [5.41, 5.74) is 3.34. The third-order valence-electron chi connectivity index (χ3n) is 4.71. The molecule has 3 heterocycles. The van der Waals surface area contributed by atoms with E-state index in [4.69, 9.17) is 0 Å². The van der Waals surface area contributed by atoms with Gasteiger partial charge in [-0.05, 0) is 30.9 Å². The number of nitrogens with zero attached hydrogens (tertiary/aromatic N) is 3. The number of aryl methyl sites for hydroxylation is 1. The molecule has 2 aliphatic rings. The van der Waals surface area contributed by atoms with Gasteiger partial charge in [0.1, 0.15) is 0 Å². The van der Waals surface area contributed by atoms with Gasteiger partial charge in [0.05, 0.1) is 5.69 Å². The van der Waals surface area contributed by atoms with Gasteiger partial charge in [0.2, 0.25) is 0 Å². The summed E-state index contributed by atoms with van der Waals surface area (Å²) < 4.78 is 0. The van der Waals surface area contributed by atoms with Crippen LogP contribution in [-0.4, -0.2) is 36.4 Å². The van der Waals surface area contributed by atoms with Crippen molar-refractivity contribution in [3.05, 3.63) is 42.0 Å². The summed E-state index contributed by atoms with van der Waals surface area (Å²) in [6, 6.07) is 12.6. The number of fused-ring (bicyclic) bond motifs is 1. The zero-order chi connectivity index (χ0) is 14.2. The van der Waals surface area contributed by atoms with Crippen LogP contribution in [0.5, 0.6) is 0 Å². The Kier molecular flexibility index (Phi) is 3.11. The fraction of sp³-hybridized carbons (Fsp3) is 0.412. The van der Waals surface area contributed by atoms with Gasteiger partial charge in [-0.15, -0.1) is 10.2 Å². The molecular weight excluding hydrogens is 260 g/mol. The molecule has 0 saturated carbocycles. The molecule has 0 amide bonds. The highest BCUT2D eigenvalue weighted by Gasteiger charge is 2.36. The third-order valence-corrected chi connectivity index (χ3v) is 4.71. The Balaban J connectivity index is 1.52. The van der Waals surface area contributed by atoms with E-state index < -0.39 is 0 Å². The first-order chi connectivity index (χ1) is 10.3. The molecule has 2 aliphatic heterocycles. The average molecular weight is 280 g/mol. The first kappa shape index (κ1) is 12.8. The van der Waals surface area contributed by atoms with E-state index in [1.54, 1.807) is 0 Å². The standard InChI is InChI=1S/C17H20N4/c1-12-2-4-13(5-3-12)16-6-7-17(20-19-16)21-10-14-8-18-9-15(14)11-21/h2-7,14-15,18H,8-11H2,1H3. The number of rotatable bonds is 2. The van der Waals surface area contributed by atoms with Crippen LogP contribution in [0.3, 0.4) is 0 Å². The minimum absolute atomic E-state index is 0.781. The van der Waals surface area contributed by atoms with E-state index in [-0.39, 0.29) is 0 Å². The van der Waals surface area contributed by atoms with Gasteiger partial charge in [0, 0.05) is 31.7 Å². The van der Waals surface area contributed by atoms with Crippen molar-refractivity contribution in [2.75, 3.05) is 31.1 Å². The van der Waals surface area contributed by atoms with Crippen molar-refractivity contribution >= 4 is 5.82 Å². The molecule has 21 heavy (non-hydrogen) atoms. The third kappa shape index (κ3) is 2.40. The van der Waals surface area contributed by atoms with Crippen molar-refractivity contribution in [2.45, 2.75) is 6.92 Å². The fourth-order valence-electron chi connectivity index (χ4n) is 3.41. The van der Waals surface area contributed by atoms with Crippen molar-refractivity contribution in [3.63, 3.8) is 0 Å². The molecule has 2 atom stereocenters. The first-order valence-corrected chi connectivity index (χ1v) is 7.66. The molecule has 2 aromatic rings. The maximum Gasteiger partial charge on any atom is 0.151 e. The minimum atomic E-state index is 0.781. The van der Waals surface area contributed by atoms with Gasteiger partial charge >= 0.3 is 0 Å². The van der Waals surface area contributed by atoms with E-state index in [0.717, 1.165) is 55.1 Å². The largest absolute Gasteiger partial charge is 0.354 e. The quantitative estimate of drug-likeness (QED) is 0.915. The normalized spacial score (nSPS) is 24.3. The first-order valence-electron chi connectivity index (χ1n) is 7.66. The van der Waals surface area contributed by atoms with Crippen LogP contribution >= 0.6 is 0 Å². The van der Waals surface area contributed by atoms with Gasteiger partial charge in [-0.25, -0.2) is 0 Å². The molecule has 0 bridgehead atoms. The molecule has 2 unspecified atom stereocenters. The smallest absolute Gasteiger partial charge is 0.151 e. The van der Waals surface area contributed by atoms with Crippen LogP contribution in [0.1, 0.15) is 5.56 Å². The lowest BCUT2D eigenvalue weighted by Gasteiger charge is -2.17. The van der Waals surface area contributed by atoms with Crippen molar-refractivity contribution in [2.24, 2.45) is 11.8 Å². The van der Waals surface area contributed by atoms with Crippen LogP contribution in [-0.2, 0) is 0 Å². The summed E-state index contributed by atoms with van der Waals surface area (Å²) in [5, 5.41) is 12.3. The van der Waals surface area contributed by atoms with Gasteiger partial charge in [0.15, 0.2) is 5.82 Å². The molecule has 4 heteroatoms. The van der Waals surface area contributed by atoms with E-state index in [9.17, 15) is 0 Å². The van der Waals surface area contributed by atoms with E-state index in [1.165, 1.54) is 5.56 Å². The van der Waals surface area contributed by atoms with Crippen LogP contribution in [0.15, 0.2) is 36.4 Å². The Labute approximate surface area is 125 Å². The Morgan fingerprint density at radius 2 is 1.67 bits per heavy atom. The molecule has 4 nitrogen and oxygen atoms in total. The second-order valence-corrected chi connectivity index (χ2v) is 6.23. The number of benzene rings is 1. The van der Waals surface area contributed by atoms with E-state index in [2.05, 4.69) is 63.7 Å². The van der Waals surface area contributed by atoms with Gasteiger partial charge in [-0.1, -0.05) is 29.8 Å². The SMILES string of the molecule is Cc1ccc(-c2ccc(N3CC4CNCC4C3)nn2)cc1. The van der Waals surface area contributed by atoms with Crippen LogP contribution in [0, 0.1) is 18.8 Å². The molecule has 108 valence electrons. The van der Waals surface area contributed by atoms with Crippen molar-refractivity contribution in [1.82, 2.24) is 15.5 Å². The molecule has 2 fully saturated rings. The lowest BCUT2D eigenvalue weighted by atomic mass is 10.0. The molecule has 0 aliphatic carbocycles. The summed E-state index contributed by atoms with van der Waals surface area (Å²) in [7, 11) is 0. The summed E-state index contributed by atoms with van der Waals surface area (Å²) in [4.78, 5) is 2.38. The van der Waals surface area contributed by atoms with Crippen molar-refractivity contribution in [3.8, 4) is 11.3 Å². The zero-order valence-electron chi connectivity index (χ0n) is 12.3. The Morgan fingerprint density at radius 3 is 2.29 bits per heavy atom. The predicted octanol–water partition coefficient (Wildman–Crippen LogP) is 2.11. The fourth-order valence-corrected chi connectivity index (χ4v) is 3.41. The lowest BCUT2D eigenvalue weighted by Crippen LogP contribution is -2.26. The van der Waals surface area contributed by atoms with Crippen LogP contribution in [0.4, 0.5) is 5.82 Å². The lowest BCUT2D eigenvalue weighted by molar-refractivity contribution is 0.533. The molecule has 4 rings (SSSR count). The Hall–Kier alpha value is -1.94. The monoisotopic (exact) mass is 280 g/mol. The van der Waals surface area contributed by atoms with Crippen LogP contribution < -0.4 is 10.2 Å². The average Bonchev–Trinajstić information content (AvgIpc) is 3.10. The highest BCUT2D eigenvalue weighted by atomic mass is 15.3. The summed E-state index contributed by atoms with van der Waals surface area (Å²) >= 11 is 0. The summed E-state index contributed by atoms with van der Waals surface area (Å²) in [6.45, 7) is 6.61. The van der Waals surface area contributed by atoms with Gasteiger partial charge in [0.25, 0.3) is 0 Å². The summed E-state index contributed by atoms with van der Waals surface area (Å²) in [5.74, 6) is 2.58. The van der Waals surface area contributed by atoms with E-state index >= 15 is 0 Å². The molecular formula is C17H20N4.